The number of ether oxygens (including phenoxy) is 2. The summed E-state index contributed by atoms with van der Waals surface area (Å²) in [4.78, 5) is 4.30. The molecule has 0 radical (unpaired) electrons. The molecule has 1 rings (SSSR count). The van der Waals surface area contributed by atoms with E-state index >= 15 is 0 Å². The zero-order valence-electron chi connectivity index (χ0n) is 9.31. The van der Waals surface area contributed by atoms with E-state index in [1.54, 1.807) is 18.3 Å². The molecule has 0 aliphatic heterocycles. The van der Waals surface area contributed by atoms with Gasteiger partial charge in [0, 0.05) is 12.8 Å². The summed E-state index contributed by atoms with van der Waals surface area (Å²) in [6, 6.07) is 3.57. The van der Waals surface area contributed by atoms with Crippen LogP contribution in [0.2, 0.25) is 0 Å². The molecule has 5 heteroatoms. The summed E-state index contributed by atoms with van der Waals surface area (Å²) in [6.07, 6.45) is 2.64. The minimum Gasteiger partial charge on any atom is -0.489 e. The normalized spacial score (nSPS) is 10.1. The van der Waals surface area contributed by atoms with Crippen molar-refractivity contribution >= 4 is 17.2 Å². The summed E-state index contributed by atoms with van der Waals surface area (Å²) in [5.74, 6) is 0.607. The summed E-state index contributed by atoms with van der Waals surface area (Å²) < 4.78 is 10.8. The van der Waals surface area contributed by atoms with Crippen molar-refractivity contribution in [2.24, 2.45) is 5.73 Å². The molecular weight excluding hydrogens is 224 g/mol. The quantitative estimate of drug-likeness (QED) is 0.578. The number of nitrogens with two attached hydrogens (primary N) is 1. The number of thiocarbonyl (C=S) groups is 1. The van der Waals surface area contributed by atoms with Crippen LogP contribution in [-0.2, 0) is 4.74 Å². The van der Waals surface area contributed by atoms with E-state index in [0.29, 0.717) is 24.7 Å². The molecule has 0 saturated carbocycles. The Kier molecular flexibility index (Phi) is 5.74. The van der Waals surface area contributed by atoms with Crippen molar-refractivity contribution in [3.63, 3.8) is 0 Å². The Hall–Kier alpha value is -1.20. The van der Waals surface area contributed by atoms with E-state index in [0.717, 1.165) is 13.0 Å². The fourth-order valence-electron chi connectivity index (χ4n) is 1.15. The van der Waals surface area contributed by atoms with Crippen LogP contribution in [0.3, 0.4) is 0 Å². The van der Waals surface area contributed by atoms with Gasteiger partial charge in [0.2, 0.25) is 0 Å². The van der Waals surface area contributed by atoms with Crippen LogP contribution >= 0.6 is 12.2 Å². The van der Waals surface area contributed by atoms with Crippen molar-refractivity contribution < 1.29 is 9.47 Å². The molecule has 0 bridgehead atoms. The maximum atomic E-state index is 5.52. The third kappa shape index (κ3) is 4.12. The summed E-state index contributed by atoms with van der Waals surface area (Å²) in [6.45, 7) is 3.84. The first-order valence-electron chi connectivity index (χ1n) is 5.21. The standard InChI is InChI=1S/C11H16N2O2S/c1-2-6-14-7-8-15-9-4-3-5-13-10(9)11(12)16/h3-5H,2,6-8H2,1H3,(H2,12,16). The Morgan fingerprint density at radius 2 is 2.25 bits per heavy atom. The Labute approximate surface area is 101 Å². The maximum absolute atomic E-state index is 5.52. The van der Waals surface area contributed by atoms with Gasteiger partial charge in [-0.25, -0.2) is 4.98 Å². The molecule has 1 aromatic rings. The average Bonchev–Trinajstić information content (AvgIpc) is 2.29. The Bertz CT molecular complexity index is 345. The molecule has 88 valence electrons. The molecule has 4 nitrogen and oxygen atoms in total. The highest BCUT2D eigenvalue weighted by atomic mass is 32.1. The molecule has 0 saturated heterocycles. The van der Waals surface area contributed by atoms with Crippen molar-refractivity contribution in [1.82, 2.24) is 4.98 Å². The van der Waals surface area contributed by atoms with E-state index in [-0.39, 0.29) is 4.99 Å². The Morgan fingerprint density at radius 1 is 1.44 bits per heavy atom. The zero-order chi connectivity index (χ0) is 11.8. The molecule has 1 heterocycles. The zero-order valence-corrected chi connectivity index (χ0v) is 10.1. The van der Waals surface area contributed by atoms with Gasteiger partial charge in [0.15, 0.2) is 0 Å². The van der Waals surface area contributed by atoms with Gasteiger partial charge < -0.3 is 15.2 Å². The lowest BCUT2D eigenvalue weighted by Gasteiger charge is -2.09. The molecule has 0 aliphatic carbocycles. The van der Waals surface area contributed by atoms with Gasteiger partial charge in [0.25, 0.3) is 0 Å². The van der Waals surface area contributed by atoms with E-state index < -0.39 is 0 Å². The molecule has 2 N–H and O–H groups in total. The first kappa shape index (κ1) is 12.9. The van der Waals surface area contributed by atoms with Crippen molar-refractivity contribution in [2.75, 3.05) is 19.8 Å². The highest BCUT2D eigenvalue weighted by molar-refractivity contribution is 7.80. The molecular formula is C11H16N2O2S. The predicted molar refractivity (Wildman–Crippen MR) is 66.7 cm³/mol. The van der Waals surface area contributed by atoms with Crippen LogP contribution in [0.5, 0.6) is 5.75 Å². The van der Waals surface area contributed by atoms with Crippen LogP contribution in [0, 0.1) is 0 Å². The van der Waals surface area contributed by atoms with Gasteiger partial charge in [-0.05, 0) is 18.6 Å². The Morgan fingerprint density at radius 3 is 2.94 bits per heavy atom. The van der Waals surface area contributed by atoms with Crippen molar-refractivity contribution in [1.29, 1.82) is 0 Å². The lowest BCUT2D eigenvalue weighted by molar-refractivity contribution is 0.100. The average molecular weight is 240 g/mol. The fraction of sp³-hybridized carbons (Fsp3) is 0.455. The molecule has 0 spiro atoms. The minimum atomic E-state index is 0.241. The summed E-state index contributed by atoms with van der Waals surface area (Å²) in [7, 11) is 0. The lowest BCUT2D eigenvalue weighted by atomic mass is 10.3. The van der Waals surface area contributed by atoms with E-state index in [2.05, 4.69) is 11.9 Å². The largest absolute Gasteiger partial charge is 0.489 e. The van der Waals surface area contributed by atoms with E-state index in [1.165, 1.54) is 0 Å². The number of hydrogen-bond donors (Lipinski definition) is 1. The minimum absolute atomic E-state index is 0.241. The van der Waals surface area contributed by atoms with Crippen LogP contribution in [-0.4, -0.2) is 29.8 Å². The predicted octanol–water partition coefficient (Wildman–Crippen LogP) is 1.52. The number of aromatic nitrogens is 1. The molecule has 1 aromatic heterocycles. The van der Waals surface area contributed by atoms with Crippen LogP contribution in [0.15, 0.2) is 18.3 Å². The topological polar surface area (TPSA) is 57.4 Å². The molecule has 0 aromatic carbocycles. The van der Waals surface area contributed by atoms with E-state index in [9.17, 15) is 0 Å². The van der Waals surface area contributed by atoms with Crippen LogP contribution in [0.4, 0.5) is 0 Å². The maximum Gasteiger partial charge on any atom is 0.148 e. The number of hydrogen-bond acceptors (Lipinski definition) is 4. The van der Waals surface area contributed by atoms with E-state index in [1.807, 2.05) is 0 Å². The highest BCUT2D eigenvalue weighted by Crippen LogP contribution is 2.14. The van der Waals surface area contributed by atoms with Gasteiger partial charge >= 0.3 is 0 Å². The fourth-order valence-corrected chi connectivity index (χ4v) is 1.30. The van der Waals surface area contributed by atoms with Gasteiger partial charge in [-0.15, -0.1) is 0 Å². The molecule has 16 heavy (non-hydrogen) atoms. The lowest BCUT2D eigenvalue weighted by Crippen LogP contribution is -2.15. The van der Waals surface area contributed by atoms with Crippen molar-refractivity contribution in [3.05, 3.63) is 24.0 Å². The monoisotopic (exact) mass is 240 g/mol. The van der Waals surface area contributed by atoms with Crippen molar-refractivity contribution in [2.45, 2.75) is 13.3 Å². The van der Waals surface area contributed by atoms with Crippen LogP contribution in [0.1, 0.15) is 19.0 Å². The summed E-state index contributed by atoms with van der Waals surface area (Å²) in [5, 5.41) is 0. The SMILES string of the molecule is CCCOCCOc1cccnc1C(N)=S. The molecule has 0 unspecified atom stereocenters. The first-order valence-corrected chi connectivity index (χ1v) is 5.62. The van der Waals surface area contributed by atoms with Gasteiger partial charge in [0.05, 0.1) is 6.61 Å². The van der Waals surface area contributed by atoms with Crippen molar-refractivity contribution in [3.8, 4) is 5.75 Å². The Balaban J connectivity index is 2.44. The molecule has 0 fully saturated rings. The van der Waals surface area contributed by atoms with Gasteiger partial charge in [-0.1, -0.05) is 19.1 Å². The second-order valence-corrected chi connectivity index (χ2v) is 3.62. The molecule has 0 amide bonds. The smallest absolute Gasteiger partial charge is 0.148 e. The number of rotatable bonds is 7. The van der Waals surface area contributed by atoms with E-state index in [4.69, 9.17) is 27.4 Å². The van der Waals surface area contributed by atoms with Gasteiger partial charge in [-0.2, -0.15) is 0 Å². The third-order valence-electron chi connectivity index (χ3n) is 1.84. The number of nitrogens with zero attached hydrogens (tertiary/aromatic N) is 1. The first-order chi connectivity index (χ1) is 7.75. The summed E-state index contributed by atoms with van der Waals surface area (Å²) >= 11 is 4.87. The summed E-state index contributed by atoms with van der Waals surface area (Å²) in [5.41, 5.74) is 6.05. The second kappa shape index (κ2) is 7.14. The van der Waals surface area contributed by atoms with Crippen LogP contribution in [0.25, 0.3) is 0 Å². The highest BCUT2D eigenvalue weighted by Gasteiger charge is 2.06. The molecule has 0 aliphatic rings. The second-order valence-electron chi connectivity index (χ2n) is 3.18. The van der Waals surface area contributed by atoms with Gasteiger partial charge in [0.1, 0.15) is 23.0 Å². The van der Waals surface area contributed by atoms with Crippen LogP contribution < -0.4 is 10.5 Å². The molecule has 0 atom stereocenters. The number of pyridine rings is 1. The third-order valence-corrected chi connectivity index (χ3v) is 2.03. The van der Waals surface area contributed by atoms with Gasteiger partial charge in [-0.3, -0.25) is 0 Å².